The van der Waals surface area contributed by atoms with Crippen molar-refractivity contribution in [3.05, 3.63) is 28.8 Å². The summed E-state index contributed by atoms with van der Waals surface area (Å²) in [4.78, 5) is 2.43. The van der Waals surface area contributed by atoms with Gasteiger partial charge in [0, 0.05) is 43.0 Å². The van der Waals surface area contributed by atoms with E-state index >= 15 is 0 Å². The van der Waals surface area contributed by atoms with Crippen LogP contribution in [0.15, 0.2) is 18.2 Å². The second-order valence-electron chi connectivity index (χ2n) is 6.80. The number of hydrogen-bond acceptors (Lipinski definition) is 3. The Morgan fingerprint density at radius 3 is 2.52 bits per heavy atom. The van der Waals surface area contributed by atoms with E-state index in [1.807, 2.05) is 6.07 Å². The maximum absolute atomic E-state index is 6.21. The molecule has 0 aromatic heterocycles. The van der Waals surface area contributed by atoms with E-state index in [9.17, 15) is 0 Å². The first-order chi connectivity index (χ1) is 9.89. The van der Waals surface area contributed by atoms with Crippen molar-refractivity contribution < 1.29 is 4.74 Å². The summed E-state index contributed by atoms with van der Waals surface area (Å²) in [6, 6.07) is 6.21. The van der Waals surface area contributed by atoms with Gasteiger partial charge in [-0.1, -0.05) is 17.7 Å². The number of piperidine rings is 1. The predicted octanol–water partition coefficient (Wildman–Crippen LogP) is 3.84. The van der Waals surface area contributed by atoms with Gasteiger partial charge >= 0.3 is 0 Å². The molecule has 1 fully saturated rings. The average molecular weight is 311 g/mol. The minimum absolute atomic E-state index is 0.111. The van der Waals surface area contributed by atoms with Gasteiger partial charge in [-0.15, -0.1) is 0 Å². The number of benzene rings is 1. The molecule has 0 unspecified atom stereocenters. The van der Waals surface area contributed by atoms with Crippen molar-refractivity contribution in [3.63, 3.8) is 0 Å². The lowest BCUT2D eigenvalue weighted by Crippen LogP contribution is -2.38. The van der Waals surface area contributed by atoms with Gasteiger partial charge in [-0.05, 0) is 51.3 Å². The van der Waals surface area contributed by atoms with Gasteiger partial charge in [0.25, 0.3) is 0 Å². The minimum Gasteiger partial charge on any atom is -0.381 e. The molecule has 0 atom stereocenters. The lowest BCUT2D eigenvalue weighted by molar-refractivity contribution is 0.0819. The molecule has 3 nitrogen and oxygen atoms in total. The molecule has 0 bridgehead atoms. The quantitative estimate of drug-likeness (QED) is 0.914. The monoisotopic (exact) mass is 310 g/mol. The Morgan fingerprint density at radius 1 is 1.29 bits per heavy atom. The Hall–Kier alpha value is -0.770. The second kappa shape index (κ2) is 6.99. The highest BCUT2D eigenvalue weighted by atomic mass is 35.5. The number of halogens is 1. The summed E-state index contributed by atoms with van der Waals surface area (Å²) in [5, 5.41) is 4.37. The number of anilines is 1. The summed E-state index contributed by atoms with van der Waals surface area (Å²) in [5.74, 6) is 0. The summed E-state index contributed by atoms with van der Waals surface area (Å²) in [5.41, 5.74) is 2.68. The Morgan fingerprint density at radius 2 is 1.95 bits per heavy atom. The maximum atomic E-state index is 6.21. The first-order valence-corrected chi connectivity index (χ1v) is 8.08. The van der Waals surface area contributed by atoms with E-state index in [0.29, 0.717) is 6.10 Å². The van der Waals surface area contributed by atoms with Crippen LogP contribution in [0.1, 0.15) is 39.2 Å². The Bertz CT molecular complexity index is 462. The largest absolute Gasteiger partial charge is 0.381 e. The number of nitrogens with one attached hydrogen (secondary N) is 1. The van der Waals surface area contributed by atoms with Crippen molar-refractivity contribution in [2.24, 2.45) is 0 Å². The molecule has 1 aliphatic rings. The highest BCUT2D eigenvalue weighted by Crippen LogP contribution is 2.28. The fraction of sp³-hybridized carbons (Fsp3) is 0.647. The third kappa shape index (κ3) is 4.87. The number of methoxy groups -OCH3 is 1. The molecule has 1 saturated heterocycles. The minimum atomic E-state index is 0.111. The molecule has 0 aliphatic carbocycles. The normalized spacial score (nSPS) is 17.3. The second-order valence-corrected chi connectivity index (χ2v) is 7.24. The SMILES string of the molecule is COC1CCN(c2cc(Cl)ccc2CNC(C)(C)C)CC1. The van der Waals surface area contributed by atoms with Gasteiger partial charge in [-0.3, -0.25) is 0 Å². The van der Waals surface area contributed by atoms with Gasteiger partial charge in [0.05, 0.1) is 6.10 Å². The smallest absolute Gasteiger partial charge is 0.0605 e. The van der Waals surface area contributed by atoms with Crippen LogP contribution in [0, 0.1) is 0 Å². The molecule has 21 heavy (non-hydrogen) atoms. The fourth-order valence-corrected chi connectivity index (χ4v) is 2.84. The van der Waals surface area contributed by atoms with Crippen LogP contribution in [0.2, 0.25) is 5.02 Å². The van der Waals surface area contributed by atoms with Crippen molar-refractivity contribution in [2.45, 2.75) is 51.8 Å². The highest BCUT2D eigenvalue weighted by Gasteiger charge is 2.21. The molecule has 118 valence electrons. The summed E-state index contributed by atoms with van der Waals surface area (Å²) < 4.78 is 5.46. The van der Waals surface area contributed by atoms with Crippen molar-refractivity contribution >= 4 is 17.3 Å². The lowest BCUT2D eigenvalue weighted by Gasteiger charge is -2.34. The van der Waals surface area contributed by atoms with E-state index in [2.05, 4.69) is 43.1 Å². The standard InChI is InChI=1S/C17H27ClN2O/c1-17(2,3)19-12-13-5-6-14(18)11-16(13)20-9-7-15(21-4)8-10-20/h5-6,11,15,19H,7-10,12H2,1-4H3. The molecule has 4 heteroatoms. The summed E-state index contributed by atoms with van der Waals surface area (Å²) >= 11 is 6.21. The zero-order chi connectivity index (χ0) is 15.5. The molecule has 1 aromatic rings. The first-order valence-electron chi connectivity index (χ1n) is 7.70. The molecular formula is C17H27ClN2O. The molecule has 2 rings (SSSR count). The molecule has 1 heterocycles. The number of hydrogen-bond donors (Lipinski definition) is 1. The molecule has 0 radical (unpaired) electrons. The predicted molar refractivity (Wildman–Crippen MR) is 90.3 cm³/mol. The number of rotatable bonds is 4. The maximum Gasteiger partial charge on any atom is 0.0605 e. The van der Waals surface area contributed by atoms with Crippen molar-refractivity contribution in [3.8, 4) is 0 Å². The van der Waals surface area contributed by atoms with Crippen LogP contribution < -0.4 is 10.2 Å². The van der Waals surface area contributed by atoms with E-state index in [1.165, 1.54) is 11.3 Å². The van der Waals surface area contributed by atoms with Crippen molar-refractivity contribution in [1.29, 1.82) is 0 Å². The number of nitrogens with zero attached hydrogens (tertiary/aromatic N) is 1. The molecule has 0 spiro atoms. The van der Waals surface area contributed by atoms with Gasteiger partial charge < -0.3 is 15.0 Å². The molecule has 0 saturated carbocycles. The topological polar surface area (TPSA) is 24.5 Å². The van der Waals surface area contributed by atoms with Crippen molar-refractivity contribution in [1.82, 2.24) is 5.32 Å². The van der Waals surface area contributed by atoms with Gasteiger partial charge in [-0.25, -0.2) is 0 Å². The van der Waals surface area contributed by atoms with Crippen LogP contribution in [0.25, 0.3) is 0 Å². The van der Waals surface area contributed by atoms with Crippen LogP contribution in [0.3, 0.4) is 0 Å². The van der Waals surface area contributed by atoms with Gasteiger partial charge in [0.1, 0.15) is 0 Å². The Balaban J connectivity index is 2.12. The van der Waals surface area contributed by atoms with Crippen molar-refractivity contribution in [2.75, 3.05) is 25.1 Å². The highest BCUT2D eigenvalue weighted by molar-refractivity contribution is 6.30. The van der Waals surface area contributed by atoms with E-state index in [4.69, 9.17) is 16.3 Å². The Labute approximate surface area is 133 Å². The van der Waals surface area contributed by atoms with Gasteiger partial charge in [-0.2, -0.15) is 0 Å². The summed E-state index contributed by atoms with van der Waals surface area (Å²) in [7, 11) is 1.80. The van der Waals surface area contributed by atoms with Gasteiger partial charge in [0.2, 0.25) is 0 Å². The van der Waals surface area contributed by atoms with Crippen LogP contribution in [-0.2, 0) is 11.3 Å². The molecule has 1 aliphatic heterocycles. The zero-order valence-electron chi connectivity index (χ0n) is 13.6. The van der Waals surface area contributed by atoms with E-state index in [0.717, 1.165) is 37.5 Å². The average Bonchev–Trinajstić information content (AvgIpc) is 2.45. The molecule has 1 N–H and O–H groups in total. The molecular weight excluding hydrogens is 284 g/mol. The lowest BCUT2D eigenvalue weighted by atomic mass is 10.0. The zero-order valence-corrected chi connectivity index (χ0v) is 14.3. The third-order valence-corrected chi connectivity index (χ3v) is 4.21. The van der Waals surface area contributed by atoms with E-state index in [1.54, 1.807) is 7.11 Å². The first kappa shape index (κ1) is 16.6. The van der Waals surface area contributed by atoms with Gasteiger partial charge in [0.15, 0.2) is 0 Å². The Kier molecular flexibility index (Phi) is 5.53. The number of ether oxygens (including phenoxy) is 1. The van der Waals surface area contributed by atoms with E-state index in [-0.39, 0.29) is 5.54 Å². The van der Waals surface area contributed by atoms with E-state index < -0.39 is 0 Å². The third-order valence-electron chi connectivity index (χ3n) is 3.97. The molecule has 1 aromatic carbocycles. The molecule has 0 amide bonds. The summed E-state index contributed by atoms with van der Waals surface area (Å²) in [6.45, 7) is 9.48. The van der Waals surface area contributed by atoms with Crippen LogP contribution in [0.5, 0.6) is 0 Å². The van der Waals surface area contributed by atoms with Crippen LogP contribution in [0.4, 0.5) is 5.69 Å². The fourth-order valence-electron chi connectivity index (χ4n) is 2.67. The summed E-state index contributed by atoms with van der Waals surface area (Å²) in [6.07, 6.45) is 2.56. The van der Waals surface area contributed by atoms with Crippen LogP contribution >= 0.6 is 11.6 Å². The van der Waals surface area contributed by atoms with Crippen LogP contribution in [-0.4, -0.2) is 31.8 Å².